The molecule has 0 unspecified atom stereocenters. The predicted octanol–water partition coefficient (Wildman–Crippen LogP) is 1.49. The maximum absolute atomic E-state index is 10.8. The summed E-state index contributed by atoms with van der Waals surface area (Å²) in [6.07, 6.45) is 0. The highest BCUT2D eigenvalue weighted by atomic mass is 35.7. The lowest BCUT2D eigenvalue weighted by atomic mass is 10.3. The van der Waals surface area contributed by atoms with Crippen LogP contribution in [0.1, 0.15) is 6.92 Å². The minimum absolute atomic E-state index is 0.00766. The van der Waals surface area contributed by atoms with Crippen molar-refractivity contribution in [3.63, 3.8) is 0 Å². The van der Waals surface area contributed by atoms with Crippen LogP contribution in [-0.4, -0.2) is 22.7 Å². The van der Waals surface area contributed by atoms with E-state index in [2.05, 4.69) is 5.32 Å². The zero-order valence-corrected chi connectivity index (χ0v) is 15.4. The van der Waals surface area contributed by atoms with Crippen LogP contribution in [0.4, 0.5) is 11.4 Å². The van der Waals surface area contributed by atoms with Crippen LogP contribution in [0.15, 0.2) is 58.3 Å². The molecular formula is C14H16ClN3O5S2. The number of nitrogens with one attached hydrogen (secondary N) is 1. The average molecular weight is 406 g/mol. The molecule has 0 saturated carbocycles. The van der Waals surface area contributed by atoms with Crippen molar-refractivity contribution >= 4 is 47.0 Å². The number of sulfonamides is 1. The quantitative estimate of drug-likeness (QED) is 0.520. The zero-order valence-electron chi connectivity index (χ0n) is 13.0. The summed E-state index contributed by atoms with van der Waals surface area (Å²) in [4.78, 5) is 10.7. The summed E-state index contributed by atoms with van der Waals surface area (Å²) in [6, 6.07) is 11.3. The number of hydrogen-bond acceptors (Lipinski definition) is 6. The molecule has 0 spiro atoms. The molecule has 0 saturated heterocycles. The number of carbonyl (C=O) groups is 1. The van der Waals surface area contributed by atoms with Crippen LogP contribution in [0.25, 0.3) is 0 Å². The Morgan fingerprint density at radius 3 is 1.72 bits per heavy atom. The van der Waals surface area contributed by atoms with Gasteiger partial charge in [-0.25, -0.2) is 22.0 Å². The highest BCUT2D eigenvalue weighted by molar-refractivity contribution is 8.13. The lowest BCUT2D eigenvalue weighted by Crippen LogP contribution is -2.11. The highest BCUT2D eigenvalue weighted by Crippen LogP contribution is 2.17. The third kappa shape index (κ3) is 7.52. The highest BCUT2D eigenvalue weighted by Gasteiger charge is 2.08. The maximum atomic E-state index is 10.8. The summed E-state index contributed by atoms with van der Waals surface area (Å²) < 4.78 is 43.1. The van der Waals surface area contributed by atoms with E-state index >= 15 is 0 Å². The third-order valence-electron chi connectivity index (χ3n) is 2.66. The topological polar surface area (TPSA) is 149 Å². The van der Waals surface area contributed by atoms with Gasteiger partial charge in [0, 0.05) is 29.0 Å². The molecule has 0 atom stereocenters. The Morgan fingerprint density at radius 2 is 1.36 bits per heavy atom. The van der Waals surface area contributed by atoms with Gasteiger partial charge in [-0.1, -0.05) is 0 Å². The number of anilines is 2. The molecule has 0 aliphatic heterocycles. The van der Waals surface area contributed by atoms with Gasteiger partial charge in [0.15, 0.2) is 0 Å². The minimum atomic E-state index is -3.69. The number of amides is 1. The van der Waals surface area contributed by atoms with Crippen molar-refractivity contribution in [1.82, 2.24) is 0 Å². The summed E-state index contributed by atoms with van der Waals surface area (Å²) in [6.45, 7) is 1.37. The standard InChI is InChI=1S/C8H8ClNO3S.C6H8N2O2S/c1-6(11)10-7-2-4-8(5-3-7)14(9,12)13;7-5-1-3-6(4-2-5)11(8,9)10/h2-5H,1H3,(H,10,11);1-4H,7H2,(H2,8,9,10). The van der Waals surface area contributed by atoms with E-state index in [-0.39, 0.29) is 15.7 Å². The zero-order chi connectivity index (χ0) is 19.3. The molecule has 136 valence electrons. The van der Waals surface area contributed by atoms with Gasteiger partial charge in [-0.05, 0) is 48.5 Å². The molecule has 0 aromatic heterocycles. The number of carbonyl (C=O) groups excluding carboxylic acids is 1. The maximum Gasteiger partial charge on any atom is 0.261 e. The van der Waals surface area contributed by atoms with E-state index in [0.717, 1.165) is 0 Å². The first-order valence-electron chi connectivity index (χ1n) is 6.60. The van der Waals surface area contributed by atoms with Gasteiger partial charge in [0.2, 0.25) is 15.9 Å². The van der Waals surface area contributed by atoms with E-state index in [0.29, 0.717) is 11.4 Å². The van der Waals surface area contributed by atoms with E-state index < -0.39 is 19.1 Å². The lowest BCUT2D eigenvalue weighted by Gasteiger charge is -2.01. The predicted molar refractivity (Wildman–Crippen MR) is 96.0 cm³/mol. The fraction of sp³-hybridized carbons (Fsp3) is 0.0714. The molecular weight excluding hydrogens is 390 g/mol. The van der Waals surface area contributed by atoms with Gasteiger partial charge in [0.1, 0.15) is 0 Å². The van der Waals surface area contributed by atoms with Crippen LogP contribution in [0.3, 0.4) is 0 Å². The summed E-state index contributed by atoms with van der Waals surface area (Å²) in [7, 11) is -2.16. The number of benzene rings is 2. The van der Waals surface area contributed by atoms with Gasteiger partial charge in [0.05, 0.1) is 9.79 Å². The average Bonchev–Trinajstić information content (AvgIpc) is 2.46. The number of rotatable bonds is 3. The molecule has 8 nitrogen and oxygen atoms in total. The van der Waals surface area contributed by atoms with Crippen LogP contribution in [0, 0.1) is 0 Å². The summed E-state index contributed by atoms with van der Waals surface area (Å²) >= 11 is 0. The first kappa shape index (κ1) is 20.9. The second kappa shape index (κ2) is 8.30. The number of primary sulfonamides is 1. The molecule has 0 bridgehead atoms. The molecule has 0 fully saturated rings. The molecule has 1 amide bonds. The normalized spacial score (nSPS) is 11.2. The Hall–Kier alpha value is -2.14. The third-order valence-corrected chi connectivity index (χ3v) is 4.96. The smallest absolute Gasteiger partial charge is 0.261 e. The first-order chi connectivity index (χ1) is 11.4. The van der Waals surface area contributed by atoms with Crippen LogP contribution in [0.5, 0.6) is 0 Å². The molecule has 2 aromatic rings. The molecule has 0 aliphatic rings. The fourth-order valence-electron chi connectivity index (χ4n) is 1.56. The van der Waals surface area contributed by atoms with E-state index in [1.807, 2.05) is 0 Å². The van der Waals surface area contributed by atoms with Crippen LogP contribution < -0.4 is 16.2 Å². The summed E-state index contributed by atoms with van der Waals surface area (Å²) in [5.74, 6) is -0.216. The van der Waals surface area contributed by atoms with E-state index in [1.165, 1.54) is 55.5 Å². The minimum Gasteiger partial charge on any atom is -0.399 e. The van der Waals surface area contributed by atoms with Gasteiger partial charge in [0.25, 0.3) is 9.05 Å². The van der Waals surface area contributed by atoms with Crippen molar-refractivity contribution in [3.05, 3.63) is 48.5 Å². The largest absolute Gasteiger partial charge is 0.399 e. The van der Waals surface area contributed by atoms with Crippen molar-refractivity contribution in [2.45, 2.75) is 16.7 Å². The molecule has 0 radical (unpaired) electrons. The molecule has 0 aliphatic carbocycles. The van der Waals surface area contributed by atoms with Crippen LogP contribution >= 0.6 is 10.7 Å². The SMILES string of the molecule is CC(=O)Nc1ccc(S(=O)(=O)Cl)cc1.Nc1ccc(S(N)(=O)=O)cc1. The molecule has 11 heteroatoms. The van der Waals surface area contributed by atoms with Gasteiger partial charge < -0.3 is 11.1 Å². The summed E-state index contributed by atoms with van der Waals surface area (Å²) in [5.41, 5.74) is 6.38. The Balaban J connectivity index is 0.000000257. The van der Waals surface area contributed by atoms with Crippen molar-refractivity contribution in [2.24, 2.45) is 5.14 Å². The van der Waals surface area contributed by atoms with Crippen molar-refractivity contribution in [3.8, 4) is 0 Å². The molecule has 0 heterocycles. The number of nitrogen functional groups attached to an aromatic ring is 1. The number of halogens is 1. The Kier molecular flexibility index (Phi) is 6.94. The number of nitrogens with two attached hydrogens (primary N) is 2. The molecule has 2 aromatic carbocycles. The van der Waals surface area contributed by atoms with Crippen LogP contribution in [0.2, 0.25) is 0 Å². The van der Waals surface area contributed by atoms with Crippen molar-refractivity contribution in [2.75, 3.05) is 11.1 Å². The molecule has 5 N–H and O–H groups in total. The Labute approximate surface area is 150 Å². The Morgan fingerprint density at radius 1 is 0.920 bits per heavy atom. The van der Waals surface area contributed by atoms with Gasteiger partial charge in [-0.15, -0.1) is 0 Å². The molecule has 2 rings (SSSR count). The second-order valence-electron chi connectivity index (χ2n) is 4.76. The van der Waals surface area contributed by atoms with Crippen LogP contribution in [-0.2, 0) is 23.9 Å². The lowest BCUT2D eigenvalue weighted by molar-refractivity contribution is -0.114. The number of hydrogen-bond donors (Lipinski definition) is 3. The first-order valence-corrected chi connectivity index (χ1v) is 10.5. The van der Waals surface area contributed by atoms with E-state index in [9.17, 15) is 21.6 Å². The van der Waals surface area contributed by atoms with E-state index in [1.54, 1.807) is 0 Å². The molecule has 25 heavy (non-hydrogen) atoms. The van der Waals surface area contributed by atoms with E-state index in [4.69, 9.17) is 21.6 Å². The van der Waals surface area contributed by atoms with Crippen molar-refractivity contribution < 1.29 is 21.6 Å². The van der Waals surface area contributed by atoms with Gasteiger partial charge in [-0.3, -0.25) is 4.79 Å². The monoisotopic (exact) mass is 405 g/mol. The fourth-order valence-corrected chi connectivity index (χ4v) is 2.85. The van der Waals surface area contributed by atoms with Gasteiger partial charge >= 0.3 is 0 Å². The second-order valence-corrected chi connectivity index (χ2v) is 8.88. The van der Waals surface area contributed by atoms with Gasteiger partial charge in [-0.2, -0.15) is 0 Å². The summed E-state index contributed by atoms with van der Waals surface area (Å²) in [5, 5.41) is 7.34. The van der Waals surface area contributed by atoms with Crippen molar-refractivity contribution in [1.29, 1.82) is 0 Å². The Bertz CT molecular complexity index is 941.